The highest BCUT2D eigenvalue weighted by Gasteiger charge is 2.20. The molecule has 0 saturated carbocycles. The maximum atomic E-state index is 9.96. The maximum absolute atomic E-state index is 9.96. The highest BCUT2D eigenvalue weighted by atomic mass is 16.3. The number of nitriles is 1. The van der Waals surface area contributed by atoms with Gasteiger partial charge in [-0.2, -0.15) is 5.26 Å². The zero-order chi connectivity index (χ0) is 31.9. The number of nitrogens with zero attached hydrogens (tertiary/aromatic N) is 6. The molecule has 2 aliphatic rings. The van der Waals surface area contributed by atoms with Gasteiger partial charge in [-0.05, 0) is 129 Å². The lowest BCUT2D eigenvalue weighted by Crippen LogP contribution is -2.36. The van der Waals surface area contributed by atoms with Crippen LogP contribution in [0.3, 0.4) is 0 Å². The van der Waals surface area contributed by atoms with Crippen LogP contribution in [0.2, 0.25) is 0 Å². The quantitative estimate of drug-likeness (QED) is 0.183. The molecule has 3 aromatic carbocycles. The summed E-state index contributed by atoms with van der Waals surface area (Å²) < 4.78 is 6.31. The van der Waals surface area contributed by atoms with Gasteiger partial charge in [0, 0.05) is 42.1 Å². The Morgan fingerprint density at radius 2 is 1.53 bits per heavy atom. The van der Waals surface area contributed by atoms with Crippen molar-refractivity contribution in [3.05, 3.63) is 101 Å². The number of nitrogens with one attached hydrogen (secondary N) is 1. The molecule has 6 aromatic rings. The Bertz CT molecular complexity index is 2170. The first-order valence-corrected chi connectivity index (χ1v) is 16.5. The molecule has 0 spiro atoms. The highest BCUT2D eigenvalue weighted by molar-refractivity contribution is 5.91. The summed E-state index contributed by atoms with van der Waals surface area (Å²) in [4.78, 5) is 19.3. The van der Waals surface area contributed by atoms with Crippen LogP contribution in [-0.4, -0.2) is 50.9 Å². The molecule has 2 aliphatic heterocycles. The SMILES string of the molecule is Cc1c(Nc2nccc3cc(CN4CCC4)cnc23)cccc1-c1cccc(-c2nc3cc(CN4CCCC4)cc(C#N)c3o2)c1C. The first kappa shape index (κ1) is 29.3. The number of benzene rings is 3. The summed E-state index contributed by atoms with van der Waals surface area (Å²) >= 11 is 0. The minimum Gasteiger partial charge on any atom is -0.435 e. The Morgan fingerprint density at radius 3 is 2.30 bits per heavy atom. The van der Waals surface area contributed by atoms with Crippen molar-refractivity contribution in [2.45, 2.75) is 46.2 Å². The Hall–Kier alpha value is -5.10. The Kier molecular flexibility index (Phi) is 7.64. The van der Waals surface area contributed by atoms with Crippen molar-refractivity contribution in [1.82, 2.24) is 24.8 Å². The summed E-state index contributed by atoms with van der Waals surface area (Å²) in [5.74, 6) is 1.27. The van der Waals surface area contributed by atoms with E-state index < -0.39 is 0 Å². The lowest BCUT2D eigenvalue weighted by Gasteiger charge is -2.30. The predicted molar refractivity (Wildman–Crippen MR) is 186 cm³/mol. The molecule has 2 fully saturated rings. The Morgan fingerprint density at radius 1 is 0.809 bits per heavy atom. The van der Waals surface area contributed by atoms with Gasteiger partial charge >= 0.3 is 0 Å². The molecule has 8 nitrogen and oxygen atoms in total. The monoisotopic (exact) mass is 619 g/mol. The molecule has 8 rings (SSSR count). The number of rotatable bonds is 8. The van der Waals surface area contributed by atoms with E-state index in [-0.39, 0.29) is 0 Å². The first-order valence-electron chi connectivity index (χ1n) is 16.5. The van der Waals surface area contributed by atoms with Gasteiger partial charge in [-0.1, -0.05) is 24.3 Å². The zero-order valence-corrected chi connectivity index (χ0v) is 26.9. The second kappa shape index (κ2) is 12.3. The molecule has 5 heterocycles. The number of hydrogen-bond donors (Lipinski definition) is 1. The summed E-state index contributed by atoms with van der Waals surface area (Å²) in [6, 6.07) is 23.2. The molecule has 0 bridgehead atoms. The highest BCUT2D eigenvalue weighted by Crippen LogP contribution is 2.38. The van der Waals surface area contributed by atoms with Crippen LogP contribution in [0.25, 0.3) is 44.6 Å². The molecule has 0 amide bonds. The number of fused-ring (bicyclic) bond motifs is 2. The van der Waals surface area contributed by atoms with Crippen LogP contribution in [0.4, 0.5) is 11.5 Å². The van der Waals surface area contributed by atoms with E-state index in [0.717, 1.165) is 101 Å². The standard InChI is InChI=1S/C39H37N7O/c1-25-31(8-5-10-33(25)39-44-35-20-27(23-45-14-3-4-15-45)18-30(21-40)37(35)47-39)32-9-6-11-34(26(32)2)43-38-36-29(12-13-41-38)19-28(22-42-36)24-46-16-7-17-46/h5-6,8-13,18-20,22H,3-4,7,14-17,23-24H2,1-2H3,(H,41,43). The third kappa shape index (κ3) is 5.62. The van der Waals surface area contributed by atoms with Crippen molar-refractivity contribution < 1.29 is 4.42 Å². The van der Waals surface area contributed by atoms with Crippen LogP contribution in [0.1, 0.15) is 47.1 Å². The number of hydrogen-bond acceptors (Lipinski definition) is 8. The second-order valence-electron chi connectivity index (χ2n) is 12.9. The molecular weight excluding hydrogens is 582 g/mol. The molecule has 1 N–H and O–H groups in total. The summed E-state index contributed by atoms with van der Waals surface area (Å²) in [5.41, 5.74) is 11.3. The molecule has 0 radical (unpaired) electrons. The third-order valence-electron chi connectivity index (χ3n) is 9.73. The third-order valence-corrected chi connectivity index (χ3v) is 9.73. The lowest BCUT2D eigenvalue weighted by molar-refractivity contribution is 0.172. The van der Waals surface area contributed by atoms with E-state index in [1.54, 1.807) is 0 Å². The normalized spacial score (nSPS) is 15.3. The van der Waals surface area contributed by atoms with Gasteiger partial charge in [0.05, 0.1) is 5.56 Å². The summed E-state index contributed by atoms with van der Waals surface area (Å²) in [7, 11) is 0. The number of anilines is 2. The van der Waals surface area contributed by atoms with Gasteiger partial charge in [0.25, 0.3) is 0 Å². The van der Waals surface area contributed by atoms with E-state index in [1.807, 2.05) is 36.7 Å². The molecule has 0 aliphatic carbocycles. The van der Waals surface area contributed by atoms with Crippen molar-refractivity contribution in [2.24, 2.45) is 0 Å². The molecule has 3 aromatic heterocycles. The van der Waals surface area contributed by atoms with Crippen molar-refractivity contribution in [1.29, 1.82) is 5.26 Å². The minimum absolute atomic E-state index is 0.528. The fourth-order valence-electron chi connectivity index (χ4n) is 7.01. The van der Waals surface area contributed by atoms with Gasteiger partial charge in [0.15, 0.2) is 11.4 Å². The molecule has 2 saturated heterocycles. The fraction of sp³-hybridized carbons (Fsp3) is 0.282. The van der Waals surface area contributed by atoms with E-state index in [9.17, 15) is 5.26 Å². The largest absolute Gasteiger partial charge is 0.435 e. The summed E-state index contributed by atoms with van der Waals surface area (Å²) in [6.07, 6.45) is 7.56. The van der Waals surface area contributed by atoms with Crippen molar-refractivity contribution >= 4 is 33.5 Å². The van der Waals surface area contributed by atoms with E-state index in [4.69, 9.17) is 14.4 Å². The van der Waals surface area contributed by atoms with E-state index >= 15 is 0 Å². The molecular formula is C39H37N7O. The molecule has 0 unspecified atom stereocenters. The summed E-state index contributed by atoms with van der Waals surface area (Å²) in [6.45, 7) is 10.5. The molecule has 234 valence electrons. The van der Waals surface area contributed by atoms with Gasteiger partial charge in [-0.15, -0.1) is 0 Å². The fourth-order valence-corrected chi connectivity index (χ4v) is 7.01. The predicted octanol–water partition coefficient (Wildman–Crippen LogP) is 8.14. The second-order valence-corrected chi connectivity index (χ2v) is 12.9. The van der Waals surface area contributed by atoms with Gasteiger partial charge < -0.3 is 9.73 Å². The van der Waals surface area contributed by atoms with Gasteiger partial charge in [-0.25, -0.2) is 9.97 Å². The van der Waals surface area contributed by atoms with Crippen LogP contribution >= 0.6 is 0 Å². The van der Waals surface area contributed by atoms with Crippen LogP contribution < -0.4 is 5.32 Å². The van der Waals surface area contributed by atoms with Crippen LogP contribution in [0, 0.1) is 25.2 Å². The molecule has 47 heavy (non-hydrogen) atoms. The Balaban J connectivity index is 1.11. The van der Waals surface area contributed by atoms with Crippen LogP contribution in [-0.2, 0) is 13.1 Å². The summed E-state index contributed by atoms with van der Waals surface area (Å²) in [5, 5.41) is 14.6. The lowest BCUT2D eigenvalue weighted by atomic mass is 9.93. The Labute approximate surface area is 274 Å². The van der Waals surface area contributed by atoms with Crippen LogP contribution in [0.5, 0.6) is 0 Å². The van der Waals surface area contributed by atoms with E-state index in [2.05, 4.69) is 76.4 Å². The number of pyridine rings is 2. The zero-order valence-electron chi connectivity index (χ0n) is 26.9. The number of aromatic nitrogens is 3. The minimum atomic E-state index is 0.528. The van der Waals surface area contributed by atoms with Gasteiger partial charge in [0.2, 0.25) is 5.89 Å². The number of oxazole rings is 1. The molecule has 0 atom stereocenters. The molecule has 8 heteroatoms. The van der Waals surface area contributed by atoms with Crippen LogP contribution in [0.15, 0.2) is 77.5 Å². The topological polar surface area (TPSA) is 94.1 Å². The van der Waals surface area contributed by atoms with Gasteiger partial charge in [0.1, 0.15) is 17.1 Å². The first-order chi connectivity index (χ1) is 23.0. The van der Waals surface area contributed by atoms with Crippen molar-refractivity contribution in [3.8, 4) is 28.7 Å². The van der Waals surface area contributed by atoms with Crippen molar-refractivity contribution in [3.63, 3.8) is 0 Å². The van der Waals surface area contributed by atoms with E-state index in [0.29, 0.717) is 17.0 Å². The van der Waals surface area contributed by atoms with E-state index in [1.165, 1.54) is 24.8 Å². The van der Waals surface area contributed by atoms with Gasteiger partial charge in [-0.3, -0.25) is 14.8 Å². The smallest absolute Gasteiger partial charge is 0.227 e. The maximum Gasteiger partial charge on any atom is 0.227 e. The van der Waals surface area contributed by atoms with Crippen molar-refractivity contribution in [2.75, 3.05) is 31.5 Å². The average molecular weight is 620 g/mol. The number of likely N-dealkylation sites (tertiary alicyclic amines) is 2. The average Bonchev–Trinajstić information content (AvgIpc) is 3.74.